The van der Waals surface area contributed by atoms with E-state index in [0.29, 0.717) is 19.0 Å². The van der Waals surface area contributed by atoms with Gasteiger partial charge in [-0.15, -0.1) is 11.8 Å². The van der Waals surface area contributed by atoms with Crippen molar-refractivity contribution < 1.29 is 25.2 Å². The Labute approximate surface area is 161 Å². The van der Waals surface area contributed by atoms with Crippen LogP contribution in [-0.2, 0) is 19.0 Å². The molecule has 0 spiro atoms. The number of carbonyl (C=O) groups excluding carboxylic acids is 2. The van der Waals surface area contributed by atoms with Crippen molar-refractivity contribution in [2.24, 2.45) is 0 Å². The standard InChI is InChI=1S/C17H23NO5S.C2H6.H2/c1-3-16(19)22-11-10-18-17(20)23-14(12-21-4-2)13-24-15-8-6-5-7-9-15;1-2;/h3,5-9,14H,1,4,10-13H2,2H3,(H,18,20);1-2H3;1H. The van der Waals surface area contributed by atoms with Crippen LogP contribution in [0, 0.1) is 0 Å². The highest BCUT2D eigenvalue weighted by atomic mass is 32.2. The number of hydrogen-bond acceptors (Lipinski definition) is 6. The monoisotopic (exact) mass is 385 g/mol. The zero-order valence-electron chi connectivity index (χ0n) is 15.7. The van der Waals surface area contributed by atoms with Gasteiger partial charge in [0.05, 0.1) is 13.2 Å². The largest absolute Gasteiger partial charge is 0.461 e. The summed E-state index contributed by atoms with van der Waals surface area (Å²) < 4.78 is 15.5. The van der Waals surface area contributed by atoms with Crippen molar-refractivity contribution in [1.82, 2.24) is 5.32 Å². The summed E-state index contributed by atoms with van der Waals surface area (Å²) in [7, 11) is 0. The lowest BCUT2D eigenvalue weighted by Gasteiger charge is -2.18. The van der Waals surface area contributed by atoms with Gasteiger partial charge < -0.3 is 19.5 Å². The van der Waals surface area contributed by atoms with Crippen molar-refractivity contribution in [2.75, 3.05) is 32.1 Å². The first kappa shape index (κ1) is 24.0. The molecule has 1 rings (SSSR count). The van der Waals surface area contributed by atoms with E-state index in [1.54, 1.807) is 11.8 Å². The summed E-state index contributed by atoms with van der Waals surface area (Å²) in [4.78, 5) is 23.7. The Bertz CT molecular complexity index is 516. The van der Waals surface area contributed by atoms with Crippen LogP contribution in [0.15, 0.2) is 47.9 Å². The van der Waals surface area contributed by atoms with Crippen molar-refractivity contribution in [2.45, 2.75) is 31.8 Å². The number of alkyl carbamates (subject to hydrolysis) is 1. The van der Waals surface area contributed by atoms with Crippen LogP contribution in [0.5, 0.6) is 0 Å². The summed E-state index contributed by atoms with van der Waals surface area (Å²) in [5.41, 5.74) is 0. The van der Waals surface area contributed by atoms with Crippen LogP contribution < -0.4 is 5.32 Å². The number of hydrogen-bond donors (Lipinski definition) is 1. The number of thioether (sulfide) groups is 1. The molecular formula is C19H31NO5S. The van der Waals surface area contributed by atoms with Gasteiger partial charge in [-0.25, -0.2) is 9.59 Å². The summed E-state index contributed by atoms with van der Waals surface area (Å²) in [5.74, 6) is 0.0572. The lowest BCUT2D eigenvalue weighted by molar-refractivity contribution is -0.137. The molecule has 0 saturated heterocycles. The molecule has 0 radical (unpaired) electrons. The first-order valence-corrected chi connectivity index (χ1v) is 9.63. The molecule has 0 saturated carbocycles. The van der Waals surface area contributed by atoms with Crippen molar-refractivity contribution in [3.05, 3.63) is 43.0 Å². The van der Waals surface area contributed by atoms with Crippen LogP contribution in [0.3, 0.4) is 0 Å². The van der Waals surface area contributed by atoms with Crippen molar-refractivity contribution in [3.8, 4) is 0 Å². The van der Waals surface area contributed by atoms with Gasteiger partial charge in [-0.05, 0) is 19.1 Å². The lowest BCUT2D eigenvalue weighted by atomic mass is 10.4. The third kappa shape index (κ3) is 12.4. The molecule has 0 aromatic heterocycles. The van der Waals surface area contributed by atoms with Gasteiger partial charge >= 0.3 is 12.1 Å². The number of benzene rings is 1. The third-order valence-electron chi connectivity index (χ3n) is 2.74. The van der Waals surface area contributed by atoms with Gasteiger partial charge in [0.15, 0.2) is 0 Å². The molecule has 1 amide bonds. The Kier molecular flexibility index (Phi) is 15.2. The minimum atomic E-state index is -0.567. The van der Waals surface area contributed by atoms with Crippen molar-refractivity contribution >= 4 is 23.8 Å². The van der Waals surface area contributed by atoms with E-state index in [2.05, 4.69) is 11.9 Å². The minimum absolute atomic E-state index is 0. The van der Waals surface area contributed by atoms with Gasteiger partial charge in [-0.2, -0.15) is 0 Å². The second kappa shape index (κ2) is 16.5. The van der Waals surface area contributed by atoms with E-state index in [1.165, 1.54) is 0 Å². The Morgan fingerprint density at radius 3 is 2.62 bits per heavy atom. The summed E-state index contributed by atoms with van der Waals surface area (Å²) in [6.45, 7) is 10.3. The van der Waals surface area contributed by atoms with Gasteiger partial charge in [0.2, 0.25) is 0 Å². The number of rotatable bonds is 11. The fourth-order valence-electron chi connectivity index (χ4n) is 1.63. The van der Waals surface area contributed by atoms with E-state index >= 15 is 0 Å². The summed E-state index contributed by atoms with van der Waals surface area (Å²) in [5, 5.41) is 2.53. The molecule has 0 heterocycles. The van der Waals surface area contributed by atoms with E-state index in [9.17, 15) is 9.59 Å². The normalized spacial score (nSPS) is 10.7. The maximum Gasteiger partial charge on any atom is 0.407 e. The molecular weight excluding hydrogens is 354 g/mol. The third-order valence-corrected chi connectivity index (χ3v) is 3.89. The highest BCUT2D eigenvalue weighted by Crippen LogP contribution is 2.19. The minimum Gasteiger partial charge on any atom is -0.461 e. The molecule has 1 unspecified atom stereocenters. The average molecular weight is 386 g/mol. The van der Waals surface area contributed by atoms with Gasteiger partial charge in [0.1, 0.15) is 12.7 Å². The Hall–Kier alpha value is -1.99. The topological polar surface area (TPSA) is 73.9 Å². The van der Waals surface area contributed by atoms with E-state index in [-0.39, 0.29) is 20.7 Å². The van der Waals surface area contributed by atoms with Gasteiger partial charge in [-0.1, -0.05) is 38.6 Å². The molecule has 7 heteroatoms. The van der Waals surface area contributed by atoms with E-state index in [4.69, 9.17) is 14.2 Å². The first-order valence-electron chi connectivity index (χ1n) is 8.65. The van der Waals surface area contributed by atoms with Crippen LogP contribution in [0.1, 0.15) is 22.2 Å². The van der Waals surface area contributed by atoms with Crippen LogP contribution >= 0.6 is 11.8 Å². The predicted molar refractivity (Wildman–Crippen MR) is 107 cm³/mol. The number of carbonyl (C=O) groups is 2. The first-order chi connectivity index (χ1) is 12.7. The molecule has 1 aromatic rings. The molecule has 148 valence electrons. The second-order valence-electron chi connectivity index (χ2n) is 4.61. The van der Waals surface area contributed by atoms with Gasteiger partial charge in [0, 0.05) is 24.8 Å². The maximum absolute atomic E-state index is 11.8. The summed E-state index contributed by atoms with van der Waals surface area (Å²) in [6.07, 6.45) is 0.131. The quantitative estimate of drug-likeness (QED) is 0.269. The lowest BCUT2D eigenvalue weighted by Crippen LogP contribution is -2.34. The fraction of sp³-hybridized carbons (Fsp3) is 0.474. The van der Waals surface area contributed by atoms with E-state index < -0.39 is 12.1 Å². The van der Waals surface area contributed by atoms with Crippen LogP contribution in [0.25, 0.3) is 0 Å². The van der Waals surface area contributed by atoms with Crippen molar-refractivity contribution in [3.63, 3.8) is 0 Å². The zero-order chi connectivity index (χ0) is 19.6. The van der Waals surface area contributed by atoms with E-state index in [1.807, 2.05) is 51.1 Å². The number of ether oxygens (including phenoxy) is 3. The smallest absolute Gasteiger partial charge is 0.407 e. The molecule has 0 aliphatic heterocycles. The van der Waals surface area contributed by atoms with E-state index in [0.717, 1.165) is 11.0 Å². The molecule has 0 fully saturated rings. The Morgan fingerprint density at radius 2 is 2.00 bits per heavy atom. The van der Waals surface area contributed by atoms with Crippen molar-refractivity contribution in [1.29, 1.82) is 0 Å². The summed E-state index contributed by atoms with van der Waals surface area (Å²) in [6, 6.07) is 9.85. The molecule has 6 nitrogen and oxygen atoms in total. The summed E-state index contributed by atoms with van der Waals surface area (Å²) >= 11 is 1.59. The number of nitrogens with one attached hydrogen (secondary N) is 1. The maximum atomic E-state index is 11.8. The van der Waals surface area contributed by atoms with Gasteiger partial charge in [-0.3, -0.25) is 0 Å². The Morgan fingerprint density at radius 1 is 1.31 bits per heavy atom. The van der Waals surface area contributed by atoms with Crippen LogP contribution in [0.2, 0.25) is 0 Å². The second-order valence-corrected chi connectivity index (χ2v) is 5.70. The molecule has 0 bridgehead atoms. The highest BCUT2D eigenvalue weighted by Gasteiger charge is 2.15. The fourth-order valence-corrected chi connectivity index (χ4v) is 2.52. The number of esters is 1. The van der Waals surface area contributed by atoms with Crippen LogP contribution in [-0.4, -0.2) is 50.3 Å². The molecule has 26 heavy (non-hydrogen) atoms. The number of amides is 1. The SMILES string of the molecule is C=CC(=O)OCCNC(=O)OC(COCC)CSc1ccccc1.CC.[HH]. The zero-order valence-corrected chi connectivity index (χ0v) is 16.6. The molecule has 0 aliphatic rings. The van der Waals surface area contributed by atoms with Crippen LogP contribution in [0.4, 0.5) is 4.79 Å². The molecule has 1 atom stereocenters. The molecule has 1 N–H and O–H groups in total. The predicted octanol–water partition coefficient (Wildman–Crippen LogP) is 3.91. The Balaban J connectivity index is 0. The average Bonchev–Trinajstić information content (AvgIpc) is 2.69. The molecule has 1 aromatic carbocycles. The van der Waals surface area contributed by atoms with Gasteiger partial charge in [0.25, 0.3) is 0 Å². The molecule has 0 aliphatic carbocycles. The highest BCUT2D eigenvalue weighted by molar-refractivity contribution is 7.99.